The number of phosphoric acid groups is 1. The van der Waals surface area contributed by atoms with Crippen molar-refractivity contribution in [2.24, 2.45) is 0 Å². The topological polar surface area (TPSA) is 141 Å². The maximum atomic E-state index is 10.4. The Balaban J connectivity index is 4.03. The van der Waals surface area contributed by atoms with Crippen LogP contribution in [-0.2, 0) is 18.7 Å². The van der Waals surface area contributed by atoms with Gasteiger partial charge in [-0.3, -0.25) is 9.32 Å². The monoisotopic (exact) mass is 214 g/mol. The highest BCUT2D eigenvalue weighted by molar-refractivity contribution is 7.46. The van der Waals surface area contributed by atoms with E-state index in [2.05, 4.69) is 4.52 Å². The zero-order chi connectivity index (χ0) is 10.6. The molecule has 76 valence electrons. The number of carboxylic acid groups (broad SMARTS) is 1. The van der Waals surface area contributed by atoms with E-state index in [4.69, 9.17) is 20.0 Å². The lowest BCUT2D eigenvalue weighted by Gasteiger charge is -2.07. The van der Waals surface area contributed by atoms with E-state index in [0.29, 0.717) is 0 Å². The molecule has 0 saturated carbocycles. The molecule has 0 aromatic carbocycles. The van der Waals surface area contributed by atoms with Gasteiger partial charge in [0, 0.05) is 0 Å². The van der Waals surface area contributed by atoms with Crippen LogP contribution in [0.5, 0.6) is 0 Å². The number of phosphoric ester groups is 1. The van der Waals surface area contributed by atoms with Gasteiger partial charge in [0.25, 0.3) is 5.78 Å². The standard InChI is InChI=1S/C4H7O8P/c5-2(3(6)4(7)8)1-12-13(9,10)11/h2,5H,1H2,(H,7,8)(H2,9,10,11)/t2-/m1/s1. The number of ketones is 1. The molecule has 0 aromatic rings. The maximum Gasteiger partial charge on any atom is 0.469 e. The zero-order valence-corrected chi connectivity index (χ0v) is 7.05. The highest BCUT2D eigenvalue weighted by Gasteiger charge is 2.25. The van der Waals surface area contributed by atoms with Crippen molar-refractivity contribution >= 4 is 19.6 Å². The fourth-order valence-corrected chi connectivity index (χ4v) is 0.721. The van der Waals surface area contributed by atoms with Gasteiger partial charge in [0.05, 0.1) is 6.61 Å². The van der Waals surface area contributed by atoms with Gasteiger partial charge >= 0.3 is 13.8 Å². The van der Waals surface area contributed by atoms with Crippen LogP contribution in [-0.4, -0.2) is 44.5 Å². The third-order valence-electron chi connectivity index (χ3n) is 0.914. The number of aliphatic hydroxyl groups excluding tert-OH is 1. The van der Waals surface area contributed by atoms with Gasteiger partial charge in [-0.1, -0.05) is 0 Å². The van der Waals surface area contributed by atoms with E-state index in [9.17, 15) is 14.2 Å². The predicted octanol–water partition coefficient (Wildman–Crippen LogP) is -1.89. The van der Waals surface area contributed by atoms with Gasteiger partial charge in [-0.15, -0.1) is 0 Å². The van der Waals surface area contributed by atoms with Crippen molar-refractivity contribution in [1.29, 1.82) is 0 Å². The van der Waals surface area contributed by atoms with Crippen LogP contribution >= 0.6 is 7.82 Å². The summed E-state index contributed by atoms with van der Waals surface area (Å²) in [5.74, 6) is -3.49. The zero-order valence-electron chi connectivity index (χ0n) is 6.15. The van der Waals surface area contributed by atoms with Gasteiger partial charge < -0.3 is 20.0 Å². The van der Waals surface area contributed by atoms with Crippen LogP contribution in [0.3, 0.4) is 0 Å². The number of hydrogen-bond donors (Lipinski definition) is 4. The number of rotatable bonds is 5. The van der Waals surface area contributed by atoms with Crippen LogP contribution in [0.1, 0.15) is 0 Å². The largest absolute Gasteiger partial charge is 0.475 e. The van der Waals surface area contributed by atoms with E-state index in [1.54, 1.807) is 0 Å². The molecule has 9 heteroatoms. The fraction of sp³-hybridized carbons (Fsp3) is 0.500. The number of aliphatic hydroxyl groups is 1. The first-order valence-electron chi connectivity index (χ1n) is 2.89. The first kappa shape index (κ1) is 12.2. The number of carbonyl (C=O) groups is 2. The van der Waals surface area contributed by atoms with Gasteiger partial charge in [-0.05, 0) is 0 Å². The number of Topliss-reactive ketones (excluding diaryl/α,β-unsaturated/α-hetero) is 1. The Morgan fingerprint density at radius 1 is 1.38 bits per heavy atom. The average molecular weight is 214 g/mol. The first-order chi connectivity index (χ1) is 5.74. The van der Waals surface area contributed by atoms with Crippen molar-refractivity contribution in [2.75, 3.05) is 6.61 Å². The van der Waals surface area contributed by atoms with Gasteiger partial charge in [0.15, 0.2) is 0 Å². The minimum Gasteiger partial charge on any atom is -0.475 e. The summed E-state index contributed by atoms with van der Waals surface area (Å²) < 4.78 is 13.7. The van der Waals surface area contributed by atoms with Crippen molar-refractivity contribution in [3.8, 4) is 0 Å². The molecule has 13 heavy (non-hydrogen) atoms. The van der Waals surface area contributed by atoms with Crippen LogP contribution < -0.4 is 0 Å². The van der Waals surface area contributed by atoms with Crippen molar-refractivity contribution in [3.63, 3.8) is 0 Å². The molecule has 0 rings (SSSR count). The Bertz CT molecular complexity index is 253. The molecule has 0 unspecified atom stereocenters. The summed E-state index contributed by atoms with van der Waals surface area (Å²) in [6.07, 6.45) is -2.08. The quantitative estimate of drug-likeness (QED) is 0.307. The Morgan fingerprint density at radius 3 is 2.15 bits per heavy atom. The maximum absolute atomic E-state index is 10.4. The Labute approximate surface area is 72.0 Å². The molecule has 0 amide bonds. The molecular formula is C4H7O8P. The smallest absolute Gasteiger partial charge is 0.469 e. The molecule has 8 nitrogen and oxygen atoms in total. The molecular weight excluding hydrogens is 207 g/mol. The third-order valence-corrected chi connectivity index (χ3v) is 1.40. The molecule has 0 fully saturated rings. The van der Waals surface area contributed by atoms with E-state index in [1.165, 1.54) is 0 Å². The van der Waals surface area contributed by atoms with Crippen molar-refractivity contribution in [1.82, 2.24) is 0 Å². The van der Waals surface area contributed by atoms with Gasteiger partial charge in [-0.2, -0.15) is 0 Å². The summed E-state index contributed by atoms with van der Waals surface area (Å²) in [5, 5.41) is 16.7. The lowest BCUT2D eigenvalue weighted by Crippen LogP contribution is -2.31. The molecule has 0 aromatic heterocycles. The molecule has 0 radical (unpaired) electrons. The van der Waals surface area contributed by atoms with Crippen LogP contribution in [0.4, 0.5) is 0 Å². The lowest BCUT2D eigenvalue weighted by molar-refractivity contribution is -0.154. The number of aliphatic carboxylic acids is 1. The number of carbonyl (C=O) groups excluding carboxylic acids is 1. The molecule has 0 bridgehead atoms. The summed E-state index contributed by atoms with van der Waals surface area (Å²) in [7, 11) is -4.79. The second kappa shape index (κ2) is 4.45. The van der Waals surface area contributed by atoms with E-state index >= 15 is 0 Å². The minimum atomic E-state index is -4.79. The van der Waals surface area contributed by atoms with E-state index < -0.39 is 32.3 Å². The SMILES string of the molecule is O=C(O)C(=O)[C@H](O)COP(=O)(O)O. The number of carboxylic acids is 1. The van der Waals surface area contributed by atoms with E-state index in [0.717, 1.165) is 0 Å². The number of hydrogen-bond acceptors (Lipinski definition) is 5. The van der Waals surface area contributed by atoms with Crippen LogP contribution in [0.25, 0.3) is 0 Å². The average Bonchev–Trinajstić information content (AvgIpc) is 1.97. The molecule has 0 saturated heterocycles. The molecule has 1 atom stereocenters. The van der Waals surface area contributed by atoms with Crippen molar-refractivity contribution in [3.05, 3.63) is 0 Å². The highest BCUT2D eigenvalue weighted by atomic mass is 31.2. The van der Waals surface area contributed by atoms with Crippen LogP contribution in [0.15, 0.2) is 0 Å². The fourth-order valence-electron chi connectivity index (χ4n) is 0.386. The first-order valence-corrected chi connectivity index (χ1v) is 4.42. The summed E-state index contributed by atoms with van der Waals surface area (Å²) in [6, 6.07) is 0. The summed E-state index contributed by atoms with van der Waals surface area (Å²) >= 11 is 0. The van der Waals surface area contributed by atoms with Crippen LogP contribution in [0.2, 0.25) is 0 Å². The third kappa shape index (κ3) is 5.45. The van der Waals surface area contributed by atoms with E-state index in [1.807, 2.05) is 0 Å². The van der Waals surface area contributed by atoms with E-state index in [-0.39, 0.29) is 0 Å². The van der Waals surface area contributed by atoms with Gasteiger partial charge in [0.1, 0.15) is 6.10 Å². The minimum absolute atomic E-state index is 1.06. The van der Waals surface area contributed by atoms with Gasteiger partial charge in [-0.25, -0.2) is 9.36 Å². The molecule has 0 aliphatic heterocycles. The second-order valence-corrected chi connectivity index (χ2v) is 3.21. The molecule has 0 aliphatic rings. The van der Waals surface area contributed by atoms with Crippen molar-refractivity contribution < 1.29 is 38.7 Å². The second-order valence-electron chi connectivity index (χ2n) is 1.97. The highest BCUT2D eigenvalue weighted by Crippen LogP contribution is 2.35. The molecule has 4 N–H and O–H groups in total. The summed E-state index contributed by atoms with van der Waals surface area (Å²) in [6.45, 7) is -1.06. The van der Waals surface area contributed by atoms with Crippen LogP contribution in [0, 0.1) is 0 Å². The molecule has 0 spiro atoms. The Kier molecular flexibility index (Phi) is 4.18. The van der Waals surface area contributed by atoms with Crippen molar-refractivity contribution in [2.45, 2.75) is 6.10 Å². The summed E-state index contributed by atoms with van der Waals surface area (Å²) in [4.78, 5) is 36.5. The summed E-state index contributed by atoms with van der Waals surface area (Å²) in [5.41, 5.74) is 0. The van der Waals surface area contributed by atoms with Gasteiger partial charge in [0.2, 0.25) is 0 Å². The Hall–Kier alpha value is -0.790. The molecule has 0 heterocycles. The molecule has 0 aliphatic carbocycles. The normalized spacial score (nSPS) is 13.8. The lowest BCUT2D eigenvalue weighted by atomic mass is 10.2. The Morgan fingerprint density at radius 2 is 1.85 bits per heavy atom. The predicted molar refractivity (Wildman–Crippen MR) is 36.6 cm³/mol.